The van der Waals surface area contributed by atoms with Crippen LogP contribution in [0, 0.1) is 0 Å². The fourth-order valence-corrected chi connectivity index (χ4v) is 11.2. The van der Waals surface area contributed by atoms with Crippen molar-refractivity contribution < 1.29 is 64.6 Å². The molecule has 2 heterocycles. The van der Waals surface area contributed by atoms with Crippen LogP contribution in [0.2, 0.25) is 0 Å². The molecule has 0 bridgehead atoms. The van der Waals surface area contributed by atoms with Gasteiger partial charge in [-0.2, -0.15) is 0 Å². The molecule has 0 aromatic carbocycles. The lowest BCUT2D eigenvalue weighted by Gasteiger charge is -2.46. The molecule has 2 fully saturated rings. The third-order valence-corrected chi connectivity index (χ3v) is 16.7. The summed E-state index contributed by atoms with van der Waals surface area (Å²) in [6.45, 7) is 2.75. The number of carbonyl (C=O) groups is 1. The van der Waals surface area contributed by atoms with Crippen LogP contribution in [0.15, 0.2) is 72.9 Å². The van der Waals surface area contributed by atoms with Crippen molar-refractivity contribution in [3.05, 3.63) is 72.9 Å². The average Bonchev–Trinajstić information content (AvgIpc) is 3.60. The smallest absolute Gasteiger partial charge is 0.220 e. The molecule has 2 aliphatic heterocycles. The molecule has 2 saturated heterocycles. The molecule has 494 valence electrons. The third kappa shape index (κ3) is 39.9. The van der Waals surface area contributed by atoms with Crippen LogP contribution in [0.25, 0.3) is 0 Å². The summed E-state index contributed by atoms with van der Waals surface area (Å²) >= 11 is 0. The van der Waals surface area contributed by atoms with E-state index in [1.54, 1.807) is 0 Å². The number of carbonyl (C=O) groups excluding carboxylic acids is 1. The van der Waals surface area contributed by atoms with Gasteiger partial charge >= 0.3 is 0 Å². The van der Waals surface area contributed by atoms with Gasteiger partial charge in [-0.05, 0) is 64.2 Å². The van der Waals surface area contributed by atoms with Crippen LogP contribution in [-0.2, 0) is 23.7 Å². The number of nitrogens with one attached hydrogen (secondary N) is 1. The molecule has 0 aromatic heterocycles. The summed E-state index contributed by atoms with van der Waals surface area (Å²) in [7, 11) is 0. The van der Waals surface area contributed by atoms with Gasteiger partial charge in [0, 0.05) is 6.42 Å². The molecule has 85 heavy (non-hydrogen) atoms. The summed E-state index contributed by atoms with van der Waals surface area (Å²) < 4.78 is 22.9. The molecule has 12 atom stereocenters. The highest BCUT2D eigenvalue weighted by molar-refractivity contribution is 5.76. The fourth-order valence-electron chi connectivity index (χ4n) is 11.2. The molecule has 0 saturated carbocycles. The van der Waals surface area contributed by atoms with E-state index in [4.69, 9.17) is 18.9 Å². The first kappa shape index (κ1) is 78.5. The van der Waals surface area contributed by atoms with Crippen LogP contribution in [-0.4, -0.2) is 140 Å². The average molecular weight is 1200 g/mol. The summed E-state index contributed by atoms with van der Waals surface area (Å²) in [5, 5.41) is 87.3. The fraction of sp³-hybridized carbons (Fsp3) is 0.817. The number of unbranched alkanes of at least 4 members (excludes halogenated alkanes) is 31. The minimum Gasteiger partial charge on any atom is -0.394 e. The van der Waals surface area contributed by atoms with Crippen LogP contribution in [0.3, 0.4) is 0 Å². The first-order valence-electron chi connectivity index (χ1n) is 34.7. The quantitative estimate of drug-likeness (QED) is 0.0204. The summed E-state index contributed by atoms with van der Waals surface area (Å²) in [5.41, 5.74) is 0. The Kier molecular flexibility index (Phi) is 51.3. The van der Waals surface area contributed by atoms with Gasteiger partial charge in [0.15, 0.2) is 12.6 Å². The minimum absolute atomic E-state index is 0.205. The molecule has 1 amide bonds. The van der Waals surface area contributed by atoms with E-state index >= 15 is 0 Å². The third-order valence-electron chi connectivity index (χ3n) is 16.7. The molecular weight excluding hydrogens is 1070 g/mol. The maximum absolute atomic E-state index is 13.3. The Morgan fingerprint density at radius 1 is 0.435 bits per heavy atom. The van der Waals surface area contributed by atoms with Crippen molar-refractivity contribution in [3.8, 4) is 0 Å². The highest BCUT2D eigenvalue weighted by Gasteiger charge is 2.51. The summed E-state index contributed by atoms with van der Waals surface area (Å²) in [6.07, 6.45) is 58.0. The highest BCUT2D eigenvalue weighted by Crippen LogP contribution is 2.30. The van der Waals surface area contributed by atoms with Gasteiger partial charge in [-0.15, -0.1) is 0 Å². The van der Waals surface area contributed by atoms with Crippen molar-refractivity contribution in [2.45, 2.75) is 351 Å². The number of amides is 1. The van der Waals surface area contributed by atoms with E-state index < -0.39 is 86.8 Å². The lowest BCUT2D eigenvalue weighted by molar-refractivity contribution is -0.359. The van der Waals surface area contributed by atoms with Gasteiger partial charge in [0.1, 0.15) is 48.8 Å². The number of ether oxygens (including phenoxy) is 4. The van der Waals surface area contributed by atoms with E-state index in [1.165, 1.54) is 161 Å². The molecular formula is C71H127NO13. The highest BCUT2D eigenvalue weighted by atomic mass is 16.7. The molecule has 2 rings (SSSR count). The van der Waals surface area contributed by atoms with Gasteiger partial charge in [0.05, 0.1) is 32.0 Å². The van der Waals surface area contributed by atoms with Crippen molar-refractivity contribution in [3.63, 3.8) is 0 Å². The van der Waals surface area contributed by atoms with Crippen molar-refractivity contribution in [2.75, 3.05) is 19.8 Å². The lowest BCUT2D eigenvalue weighted by Crippen LogP contribution is -2.65. The van der Waals surface area contributed by atoms with Gasteiger partial charge in [-0.3, -0.25) is 4.79 Å². The number of hydrogen-bond donors (Lipinski definition) is 9. The van der Waals surface area contributed by atoms with Crippen molar-refractivity contribution >= 4 is 5.91 Å². The van der Waals surface area contributed by atoms with E-state index in [1.807, 2.05) is 0 Å². The van der Waals surface area contributed by atoms with Crippen LogP contribution >= 0.6 is 0 Å². The van der Waals surface area contributed by atoms with E-state index in [9.17, 15) is 45.6 Å². The van der Waals surface area contributed by atoms with Gasteiger partial charge < -0.3 is 65.1 Å². The standard InChI is InChI=1S/C71H127NO13/c1-3-5-7-9-11-13-15-17-18-19-20-21-22-23-24-25-26-27-28-29-30-31-32-33-34-35-36-37-38-39-40-41-42-43-45-47-49-51-53-55-63(76)72-59(60(75)54-52-50-48-46-44-16-14-12-10-8-6-4-2)58-82-70-68(81)66(79)69(62(57-74)84-70)85-71-67(80)65(78)64(77)61(56-73)83-71/h5,7,11,13,17-18,20-21,23-24,26-27,59-62,64-71,73-75,77-81H,3-4,6,8-10,12,14-16,19,22,25,28-58H2,1-2H3,(H,72,76)/b7-5-,13-11-,18-17-,21-20-,24-23-,27-26-. The Labute approximate surface area is 517 Å². The number of allylic oxidation sites excluding steroid dienone is 12. The zero-order valence-corrected chi connectivity index (χ0v) is 53.6. The number of aliphatic hydroxyl groups is 8. The van der Waals surface area contributed by atoms with E-state index in [0.29, 0.717) is 12.8 Å². The predicted molar refractivity (Wildman–Crippen MR) is 346 cm³/mol. The van der Waals surface area contributed by atoms with E-state index in [2.05, 4.69) is 92.1 Å². The second kappa shape index (κ2) is 55.5. The van der Waals surface area contributed by atoms with Gasteiger partial charge in [-0.25, -0.2) is 0 Å². The van der Waals surface area contributed by atoms with Crippen LogP contribution in [0.5, 0.6) is 0 Å². The Morgan fingerprint density at radius 3 is 1.25 bits per heavy atom. The molecule has 9 N–H and O–H groups in total. The van der Waals surface area contributed by atoms with Gasteiger partial charge in [0.25, 0.3) is 0 Å². The number of hydrogen-bond acceptors (Lipinski definition) is 13. The van der Waals surface area contributed by atoms with Crippen molar-refractivity contribution in [1.82, 2.24) is 5.32 Å². The van der Waals surface area contributed by atoms with Crippen LogP contribution in [0.4, 0.5) is 0 Å². The van der Waals surface area contributed by atoms with Crippen molar-refractivity contribution in [1.29, 1.82) is 0 Å². The largest absolute Gasteiger partial charge is 0.394 e. The first-order chi connectivity index (χ1) is 41.6. The van der Waals surface area contributed by atoms with Crippen LogP contribution < -0.4 is 5.32 Å². The Bertz CT molecular complexity index is 1700. The first-order valence-corrected chi connectivity index (χ1v) is 34.7. The second-order valence-electron chi connectivity index (χ2n) is 24.3. The Hall–Kier alpha value is -2.57. The topological polar surface area (TPSA) is 228 Å². The van der Waals surface area contributed by atoms with Crippen molar-refractivity contribution in [2.24, 2.45) is 0 Å². The zero-order valence-electron chi connectivity index (χ0n) is 53.6. The Morgan fingerprint density at radius 2 is 0.812 bits per heavy atom. The molecule has 12 unspecified atom stereocenters. The second-order valence-corrected chi connectivity index (χ2v) is 24.3. The minimum atomic E-state index is -1.78. The lowest BCUT2D eigenvalue weighted by atomic mass is 9.97. The monoisotopic (exact) mass is 1200 g/mol. The molecule has 14 nitrogen and oxygen atoms in total. The number of aliphatic hydroxyl groups excluding tert-OH is 8. The summed E-state index contributed by atoms with van der Waals surface area (Å²) in [6, 6.07) is -0.828. The molecule has 0 aliphatic carbocycles. The predicted octanol–water partition coefficient (Wildman–Crippen LogP) is 13.8. The molecule has 2 aliphatic rings. The molecule has 0 spiro atoms. The molecule has 0 radical (unpaired) electrons. The normalized spacial score (nSPS) is 24.0. The van der Waals surface area contributed by atoms with Crippen LogP contribution in [0.1, 0.15) is 277 Å². The summed E-state index contributed by atoms with van der Waals surface area (Å²) in [5.74, 6) is -0.205. The van der Waals surface area contributed by atoms with Gasteiger partial charge in [-0.1, -0.05) is 279 Å². The summed E-state index contributed by atoms with van der Waals surface area (Å²) in [4.78, 5) is 13.3. The SMILES string of the molecule is CC/C=C\C/C=C\C/C=C\C/C=C\C/C=C\C/C=C\CCCCCCCCCCCCCCCCCCCCCCC(=O)NC(COC1OC(CO)C(OC2OC(CO)C(O)C(O)C2O)C(O)C1O)C(O)CCCCCCCCCCCCCC. The molecule has 14 heteroatoms. The van der Waals surface area contributed by atoms with Gasteiger partial charge in [0.2, 0.25) is 5.91 Å². The Balaban J connectivity index is 1.55. The maximum Gasteiger partial charge on any atom is 0.220 e. The zero-order chi connectivity index (χ0) is 61.6. The van der Waals surface area contributed by atoms with E-state index in [0.717, 1.165) is 89.9 Å². The number of rotatable bonds is 56. The maximum atomic E-state index is 13.3. The van der Waals surface area contributed by atoms with E-state index in [-0.39, 0.29) is 12.5 Å². The molecule has 0 aromatic rings.